The highest BCUT2D eigenvalue weighted by atomic mass is 16.3. The van der Waals surface area contributed by atoms with E-state index in [1.165, 1.54) is 0 Å². The van der Waals surface area contributed by atoms with Gasteiger partial charge < -0.3 is 15.7 Å². The molecule has 2 aromatic carbocycles. The van der Waals surface area contributed by atoms with Crippen LogP contribution in [0.2, 0.25) is 0 Å². The lowest BCUT2D eigenvalue weighted by Gasteiger charge is -2.21. The Labute approximate surface area is 142 Å². The molecule has 0 bridgehead atoms. The molecule has 0 aliphatic heterocycles. The summed E-state index contributed by atoms with van der Waals surface area (Å²) in [5, 5.41) is 16.5. The predicted molar refractivity (Wildman–Crippen MR) is 95.7 cm³/mol. The summed E-state index contributed by atoms with van der Waals surface area (Å²) in [5.41, 5.74) is 0.424. The standard InChI is InChI=1S/C19H24N2O3/c1-19(2,13-22)10-5-11-20-17(23)18(24)21-16-9-8-14-6-3-4-7-15(14)12-16/h3-4,6-9,12,22H,5,10-11,13H2,1-2H3,(H,20,23)(H,21,24). The lowest BCUT2D eigenvalue weighted by molar-refractivity contribution is -0.136. The van der Waals surface area contributed by atoms with Crippen molar-refractivity contribution in [1.82, 2.24) is 5.32 Å². The second-order valence-corrected chi connectivity index (χ2v) is 6.70. The Morgan fingerprint density at radius 1 is 1.04 bits per heavy atom. The fourth-order valence-electron chi connectivity index (χ4n) is 2.38. The smallest absolute Gasteiger partial charge is 0.313 e. The van der Waals surface area contributed by atoms with Crippen molar-refractivity contribution < 1.29 is 14.7 Å². The number of carbonyl (C=O) groups excluding carboxylic acids is 2. The van der Waals surface area contributed by atoms with Gasteiger partial charge in [0.2, 0.25) is 0 Å². The Morgan fingerprint density at radius 2 is 1.75 bits per heavy atom. The molecule has 5 nitrogen and oxygen atoms in total. The van der Waals surface area contributed by atoms with E-state index in [-0.39, 0.29) is 12.0 Å². The van der Waals surface area contributed by atoms with Crippen molar-refractivity contribution in [2.75, 3.05) is 18.5 Å². The van der Waals surface area contributed by atoms with E-state index in [1.807, 2.05) is 50.2 Å². The van der Waals surface area contributed by atoms with Gasteiger partial charge >= 0.3 is 11.8 Å². The first kappa shape index (κ1) is 17.9. The predicted octanol–water partition coefficient (Wildman–Crippen LogP) is 2.69. The van der Waals surface area contributed by atoms with Gasteiger partial charge in [0.05, 0.1) is 0 Å². The van der Waals surface area contributed by atoms with Crippen LogP contribution in [-0.2, 0) is 9.59 Å². The molecule has 128 valence electrons. The van der Waals surface area contributed by atoms with Gasteiger partial charge in [-0.3, -0.25) is 9.59 Å². The third-order valence-corrected chi connectivity index (χ3v) is 3.96. The number of hydrogen-bond acceptors (Lipinski definition) is 3. The highest BCUT2D eigenvalue weighted by Gasteiger charge is 2.17. The minimum Gasteiger partial charge on any atom is -0.396 e. The minimum absolute atomic E-state index is 0.101. The molecule has 3 N–H and O–H groups in total. The Morgan fingerprint density at radius 3 is 2.46 bits per heavy atom. The quantitative estimate of drug-likeness (QED) is 0.563. The van der Waals surface area contributed by atoms with Crippen LogP contribution in [0.25, 0.3) is 10.8 Å². The Kier molecular flexibility index (Phi) is 5.93. The Hall–Kier alpha value is -2.40. The molecule has 2 aromatic rings. The first-order chi connectivity index (χ1) is 11.4. The highest BCUT2D eigenvalue weighted by Crippen LogP contribution is 2.20. The zero-order valence-corrected chi connectivity index (χ0v) is 14.1. The van der Waals surface area contributed by atoms with Crippen molar-refractivity contribution in [3.63, 3.8) is 0 Å². The zero-order chi connectivity index (χ0) is 17.6. The number of aliphatic hydroxyl groups is 1. The van der Waals surface area contributed by atoms with E-state index in [0.717, 1.165) is 17.2 Å². The Bertz CT molecular complexity index is 725. The van der Waals surface area contributed by atoms with Gasteiger partial charge in [0.15, 0.2) is 0 Å². The largest absolute Gasteiger partial charge is 0.396 e. The van der Waals surface area contributed by atoms with Gasteiger partial charge in [-0.15, -0.1) is 0 Å². The van der Waals surface area contributed by atoms with Gasteiger partial charge in [-0.25, -0.2) is 0 Å². The summed E-state index contributed by atoms with van der Waals surface area (Å²) >= 11 is 0. The molecular weight excluding hydrogens is 304 g/mol. The SMILES string of the molecule is CC(C)(CO)CCCNC(=O)C(=O)Nc1ccc2ccccc2c1. The van der Waals surface area contributed by atoms with Crippen LogP contribution in [-0.4, -0.2) is 30.1 Å². The van der Waals surface area contributed by atoms with Crippen LogP contribution < -0.4 is 10.6 Å². The van der Waals surface area contributed by atoms with Crippen molar-refractivity contribution in [1.29, 1.82) is 0 Å². The summed E-state index contributed by atoms with van der Waals surface area (Å²) in [6.07, 6.45) is 1.48. The molecule has 0 heterocycles. The number of nitrogens with one attached hydrogen (secondary N) is 2. The second kappa shape index (κ2) is 7.93. The number of hydrogen-bond donors (Lipinski definition) is 3. The van der Waals surface area contributed by atoms with E-state index in [2.05, 4.69) is 10.6 Å². The van der Waals surface area contributed by atoms with E-state index >= 15 is 0 Å². The van der Waals surface area contributed by atoms with Gasteiger partial charge in [-0.05, 0) is 41.2 Å². The third kappa shape index (κ3) is 5.06. The monoisotopic (exact) mass is 328 g/mol. The number of amides is 2. The van der Waals surface area contributed by atoms with Crippen LogP contribution in [0, 0.1) is 5.41 Å². The summed E-state index contributed by atoms with van der Waals surface area (Å²) in [7, 11) is 0. The van der Waals surface area contributed by atoms with Crippen LogP contribution in [0.15, 0.2) is 42.5 Å². The van der Waals surface area contributed by atoms with E-state index in [9.17, 15) is 14.7 Å². The molecule has 0 aliphatic carbocycles. The maximum absolute atomic E-state index is 11.9. The summed E-state index contributed by atoms with van der Waals surface area (Å²) in [6.45, 7) is 4.43. The van der Waals surface area contributed by atoms with Gasteiger partial charge in [0.1, 0.15) is 0 Å². The normalized spacial score (nSPS) is 11.3. The van der Waals surface area contributed by atoms with E-state index in [4.69, 9.17) is 0 Å². The summed E-state index contributed by atoms with van der Waals surface area (Å²) in [6, 6.07) is 13.3. The van der Waals surface area contributed by atoms with Gasteiger partial charge in [0, 0.05) is 18.8 Å². The van der Waals surface area contributed by atoms with Crippen LogP contribution in [0.4, 0.5) is 5.69 Å². The number of aliphatic hydroxyl groups excluding tert-OH is 1. The fraction of sp³-hybridized carbons (Fsp3) is 0.368. The van der Waals surface area contributed by atoms with E-state index in [1.54, 1.807) is 6.07 Å². The second-order valence-electron chi connectivity index (χ2n) is 6.70. The van der Waals surface area contributed by atoms with Crippen molar-refractivity contribution in [2.45, 2.75) is 26.7 Å². The van der Waals surface area contributed by atoms with Gasteiger partial charge in [0.25, 0.3) is 0 Å². The highest BCUT2D eigenvalue weighted by molar-refractivity contribution is 6.39. The third-order valence-electron chi connectivity index (χ3n) is 3.96. The van der Waals surface area contributed by atoms with E-state index in [0.29, 0.717) is 18.7 Å². The molecule has 0 aliphatic rings. The molecule has 0 radical (unpaired) electrons. The summed E-state index contributed by atoms with van der Waals surface area (Å²) in [5.74, 6) is -1.32. The van der Waals surface area contributed by atoms with Crippen LogP contribution >= 0.6 is 0 Å². The van der Waals surface area contributed by atoms with Crippen LogP contribution in [0.1, 0.15) is 26.7 Å². The van der Waals surface area contributed by atoms with Gasteiger partial charge in [-0.2, -0.15) is 0 Å². The molecule has 2 rings (SSSR count). The molecule has 0 saturated carbocycles. The van der Waals surface area contributed by atoms with Crippen LogP contribution in [0.5, 0.6) is 0 Å². The molecule has 0 saturated heterocycles. The lowest BCUT2D eigenvalue weighted by atomic mass is 9.89. The molecule has 0 atom stereocenters. The average molecular weight is 328 g/mol. The zero-order valence-electron chi connectivity index (χ0n) is 14.1. The van der Waals surface area contributed by atoms with Crippen molar-refractivity contribution in [3.8, 4) is 0 Å². The Balaban J connectivity index is 1.83. The molecule has 0 unspecified atom stereocenters. The number of rotatable bonds is 6. The van der Waals surface area contributed by atoms with Gasteiger partial charge in [-0.1, -0.05) is 44.2 Å². The summed E-state index contributed by atoms with van der Waals surface area (Å²) in [4.78, 5) is 23.8. The molecule has 0 spiro atoms. The molecule has 24 heavy (non-hydrogen) atoms. The number of carbonyl (C=O) groups is 2. The molecule has 0 aromatic heterocycles. The summed E-state index contributed by atoms with van der Waals surface area (Å²) < 4.78 is 0. The molecule has 0 fully saturated rings. The molecule has 2 amide bonds. The molecule has 5 heteroatoms. The van der Waals surface area contributed by atoms with Crippen molar-refractivity contribution >= 4 is 28.3 Å². The first-order valence-corrected chi connectivity index (χ1v) is 8.10. The average Bonchev–Trinajstić information content (AvgIpc) is 2.58. The topological polar surface area (TPSA) is 78.4 Å². The lowest BCUT2D eigenvalue weighted by Crippen LogP contribution is -2.36. The van der Waals surface area contributed by atoms with Crippen molar-refractivity contribution in [3.05, 3.63) is 42.5 Å². The maximum atomic E-state index is 11.9. The van der Waals surface area contributed by atoms with Crippen LogP contribution in [0.3, 0.4) is 0 Å². The fourth-order valence-corrected chi connectivity index (χ4v) is 2.38. The maximum Gasteiger partial charge on any atom is 0.313 e. The van der Waals surface area contributed by atoms with Crippen molar-refractivity contribution in [2.24, 2.45) is 5.41 Å². The van der Waals surface area contributed by atoms with E-state index < -0.39 is 11.8 Å². The minimum atomic E-state index is -0.674. The number of benzene rings is 2. The molecular formula is C19H24N2O3. The number of anilines is 1. The number of fused-ring (bicyclic) bond motifs is 1. The first-order valence-electron chi connectivity index (χ1n) is 8.10.